The van der Waals surface area contributed by atoms with Crippen molar-refractivity contribution in [3.05, 3.63) is 53.5 Å². The lowest BCUT2D eigenvalue weighted by Gasteiger charge is -2.06. The summed E-state index contributed by atoms with van der Waals surface area (Å²) in [5, 5.41) is 17.0. The van der Waals surface area contributed by atoms with Crippen LogP contribution in [0.3, 0.4) is 0 Å². The molecule has 0 fully saturated rings. The summed E-state index contributed by atoms with van der Waals surface area (Å²) >= 11 is 0. The molecule has 0 bridgehead atoms. The zero-order valence-corrected chi connectivity index (χ0v) is 13.2. The second kappa shape index (κ2) is 6.45. The van der Waals surface area contributed by atoms with E-state index in [0.29, 0.717) is 23.8 Å². The molecular weight excluding hydrogens is 310 g/mol. The lowest BCUT2D eigenvalue weighted by atomic mass is 10.2. The minimum atomic E-state index is -1.01. The maximum atomic E-state index is 10.8. The van der Waals surface area contributed by atoms with E-state index in [0.717, 1.165) is 11.3 Å². The Balaban J connectivity index is 1.79. The molecule has 0 unspecified atom stereocenters. The van der Waals surface area contributed by atoms with Crippen molar-refractivity contribution in [3.63, 3.8) is 0 Å². The molecule has 122 valence electrons. The second-order valence-corrected chi connectivity index (χ2v) is 5.14. The van der Waals surface area contributed by atoms with Crippen molar-refractivity contribution in [1.29, 1.82) is 0 Å². The Kier molecular flexibility index (Phi) is 4.19. The van der Waals surface area contributed by atoms with E-state index < -0.39 is 5.97 Å². The maximum absolute atomic E-state index is 10.8. The van der Waals surface area contributed by atoms with Gasteiger partial charge in [-0.25, -0.2) is 14.5 Å². The van der Waals surface area contributed by atoms with E-state index in [2.05, 4.69) is 20.3 Å². The first-order valence-electron chi connectivity index (χ1n) is 7.17. The van der Waals surface area contributed by atoms with Gasteiger partial charge in [0, 0.05) is 18.0 Å². The Morgan fingerprint density at radius 1 is 1.25 bits per heavy atom. The fraction of sp³-hybridized carbons (Fsp3) is 0.188. The number of ether oxygens (including phenoxy) is 1. The van der Waals surface area contributed by atoms with E-state index in [-0.39, 0.29) is 5.56 Å². The predicted octanol–water partition coefficient (Wildman–Crippen LogP) is 1.80. The summed E-state index contributed by atoms with van der Waals surface area (Å²) in [6, 6.07) is 6.83. The number of pyridine rings is 2. The van der Waals surface area contributed by atoms with E-state index in [1.54, 1.807) is 30.1 Å². The van der Waals surface area contributed by atoms with Gasteiger partial charge in [-0.05, 0) is 30.7 Å². The molecule has 8 heteroatoms. The van der Waals surface area contributed by atoms with E-state index >= 15 is 0 Å². The summed E-state index contributed by atoms with van der Waals surface area (Å²) < 4.78 is 6.77. The first-order chi connectivity index (χ1) is 11.6. The third-order valence-electron chi connectivity index (χ3n) is 3.52. The van der Waals surface area contributed by atoms with Crippen LogP contribution in [0, 0.1) is 6.92 Å². The quantitative estimate of drug-likeness (QED) is 0.763. The number of aromatic nitrogens is 5. The van der Waals surface area contributed by atoms with Gasteiger partial charge < -0.3 is 9.84 Å². The van der Waals surface area contributed by atoms with Gasteiger partial charge >= 0.3 is 5.97 Å². The summed E-state index contributed by atoms with van der Waals surface area (Å²) in [6.45, 7) is 2.42. The van der Waals surface area contributed by atoms with Crippen molar-refractivity contribution in [2.75, 3.05) is 7.11 Å². The van der Waals surface area contributed by atoms with Crippen molar-refractivity contribution in [3.8, 4) is 17.3 Å². The molecule has 0 spiro atoms. The SMILES string of the molecule is COc1ccc(Cn2cc(-c3ccc(C(=O)O)cn3)nn2)c(C)n1. The van der Waals surface area contributed by atoms with Crippen LogP contribution < -0.4 is 4.74 Å². The molecule has 0 aliphatic rings. The molecular formula is C16H15N5O3. The smallest absolute Gasteiger partial charge is 0.337 e. The number of aryl methyl sites for hydroxylation is 1. The van der Waals surface area contributed by atoms with Crippen molar-refractivity contribution < 1.29 is 14.6 Å². The van der Waals surface area contributed by atoms with Crippen molar-refractivity contribution in [2.24, 2.45) is 0 Å². The molecule has 3 rings (SSSR count). The Morgan fingerprint density at radius 3 is 2.71 bits per heavy atom. The summed E-state index contributed by atoms with van der Waals surface area (Å²) in [5.74, 6) is -0.446. The lowest BCUT2D eigenvalue weighted by molar-refractivity contribution is 0.0696. The highest BCUT2D eigenvalue weighted by molar-refractivity contribution is 5.87. The number of carboxylic acid groups (broad SMARTS) is 1. The molecule has 0 saturated heterocycles. The zero-order chi connectivity index (χ0) is 17.1. The largest absolute Gasteiger partial charge is 0.481 e. The van der Waals surface area contributed by atoms with Crippen LogP contribution in [0.15, 0.2) is 36.7 Å². The molecule has 0 amide bonds. The molecule has 0 radical (unpaired) electrons. The van der Waals surface area contributed by atoms with Gasteiger partial charge in [0.2, 0.25) is 5.88 Å². The van der Waals surface area contributed by atoms with Crippen LogP contribution in [0.2, 0.25) is 0 Å². The molecule has 0 aromatic carbocycles. The van der Waals surface area contributed by atoms with E-state index in [4.69, 9.17) is 9.84 Å². The third-order valence-corrected chi connectivity index (χ3v) is 3.52. The number of nitrogens with zero attached hydrogens (tertiary/aromatic N) is 5. The molecule has 8 nitrogen and oxygen atoms in total. The number of aromatic carboxylic acids is 1. The molecule has 3 aromatic heterocycles. The second-order valence-electron chi connectivity index (χ2n) is 5.14. The van der Waals surface area contributed by atoms with Gasteiger partial charge in [-0.2, -0.15) is 0 Å². The first-order valence-corrected chi connectivity index (χ1v) is 7.17. The van der Waals surface area contributed by atoms with Gasteiger partial charge in [0.25, 0.3) is 0 Å². The Morgan fingerprint density at radius 2 is 2.08 bits per heavy atom. The van der Waals surface area contributed by atoms with E-state index in [1.165, 1.54) is 12.3 Å². The minimum absolute atomic E-state index is 0.131. The molecule has 3 aromatic rings. The highest BCUT2D eigenvalue weighted by Gasteiger charge is 2.09. The van der Waals surface area contributed by atoms with Crippen LogP contribution in [0.25, 0.3) is 11.4 Å². The van der Waals surface area contributed by atoms with Gasteiger partial charge in [0.05, 0.1) is 31.1 Å². The minimum Gasteiger partial charge on any atom is -0.481 e. The average Bonchev–Trinajstić information content (AvgIpc) is 3.05. The van der Waals surface area contributed by atoms with Gasteiger partial charge in [0.1, 0.15) is 5.69 Å². The Labute approximate surface area is 137 Å². The third kappa shape index (κ3) is 3.22. The van der Waals surface area contributed by atoms with Crippen LogP contribution in [0.1, 0.15) is 21.6 Å². The van der Waals surface area contributed by atoms with E-state index in [9.17, 15) is 4.79 Å². The molecule has 0 aliphatic heterocycles. The van der Waals surface area contributed by atoms with Crippen molar-refractivity contribution >= 4 is 5.97 Å². The van der Waals surface area contributed by atoms with Crippen LogP contribution in [0.4, 0.5) is 0 Å². The van der Waals surface area contributed by atoms with Crippen LogP contribution in [0.5, 0.6) is 5.88 Å². The van der Waals surface area contributed by atoms with Crippen molar-refractivity contribution in [1.82, 2.24) is 25.0 Å². The summed E-state index contributed by atoms with van der Waals surface area (Å²) in [5.41, 5.74) is 3.13. The van der Waals surface area contributed by atoms with Gasteiger partial charge in [-0.3, -0.25) is 4.98 Å². The fourth-order valence-corrected chi connectivity index (χ4v) is 2.19. The number of hydrogen-bond donors (Lipinski definition) is 1. The summed E-state index contributed by atoms with van der Waals surface area (Å²) in [4.78, 5) is 19.3. The number of hydrogen-bond acceptors (Lipinski definition) is 6. The van der Waals surface area contributed by atoms with Crippen molar-refractivity contribution in [2.45, 2.75) is 13.5 Å². The average molecular weight is 325 g/mol. The topological polar surface area (TPSA) is 103 Å². The molecule has 0 saturated carbocycles. The van der Waals surface area contributed by atoms with Crippen LogP contribution >= 0.6 is 0 Å². The fourth-order valence-electron chi connectivity index (χ4n) is 2.19. The molecule has 0 atom stereocenters. The highest BCUT2D eigenvalue weighted by Crippen LogP contribution is 2.16. The zero-order valence-electron chi connectivity index (χ0n) is 13.2. The first kappa shape index (κ1) is 15.6. The number of methoxy groups -OCH3 is 1. The predicted molar refractivity (Wildman–Crippen MR) is 84.8 cm³/mol. The summed E-state index contributed by atoms with van der Waals surface area (Å²) in [6.07, 6.45) is 3.06. The molecule has 0 aliphatic carbocycles. The Hall–Kier alpha value is -3.29. The van der Waals surface area contributed by atoms with E-state index in [1.807, 2.05) is 13.0 Å². The summed E-state index contributed by atoms with van der Waals surface area (Å²) in [7, 11) is 1.58. The van der Waals surface area contributed by atoms with Gasteiger partial charge in [-0.15, -0.1) is 5.10 Å². The number of carboxylic acids is 1. The van der Waals surface area contributed by atoms with Crippen LogP contribution in [-0.2, 0) is 6.54 Å². The highest BCUT2D eigenvalue weighted by atomic mass is 16.5. The standard InChI is InChI=1S/C16H15N5O3/c1-10-12(4-6-15(18-10)24-2)8-21-9-14(19-20-21)13-5-3-11(7-17-13)16(22)23/h3-7,9H,8H2,1-2H3,(H,22,23). The van der Waals surface area contributed by atoms with Gasteiger partial charge in [0.15, 0.2) is 0 Å². The lowest BCUT2D eigenvalue weighted by Crippen LogP contribution is -2.04. The normalized spacial score (nSPS) is 10.6. The molecule has 3 heterocycles. The van der Waals surface area contributed by atoms with Crippen LogP contribution in [-0.4, -0.2) is 43.1 Å². The molecule has 24 heavy (non-hydrogen) atoms. The monoisotopic (exact) mass is 325 g/mol. The Bertz CT molecular complexity index is 874. The van der Waals surface area contributed by atoms with Gasteiger partial charge in [-0.1, -0.05) is 5.21 Å². The molecule has 1 N–H and O–H groups in total. The number of rotatable bonds is 5. The maximum Gasteiger partial charge on any atom is 0.337 e. The number of carbonyl (C=O) groups is 1.